The van der Waals surface area contributed by atoms with Gasteiger partial charge in [-0.2, -0.15) is 5.10 Å². The van der Waals surface area contributed by atoms with Crippen LogP contribution in [0.15, 0.2) is 30.3 Å². The van der Waals surface area contributed by atoms with Crippen LogP contribution in [0.4, 0.5) is 0 Å². The number of rotatable bonds is 6. The van der Waals surface area contributed by atoms with Gasteiger partial charge in [-0.05, 0) is 43.7 Å². The standard InChI is InChI=1S/C15H18N2O3/c1-3-9-20-12-7-5-11(6-8-12)13-10-14(15(18)19)17(4-2)16-13/h5-8,10H,3-4,9H2,1-2H3,(H,18,19). The lowest BCUT2D eigenvalue weighted by Crippen LogP contribution is -2.07. The van der Waals surface area contributed by atoms with Gasteiger partial charge in [-0.15, -0.1) is 0 Å². The average Bonchev–Trinajstić information content (AvgIpc) is 2.90. The van der Waals surface area contributed by atoms with Gasteiger partial charge >= 0.3 is 5.97 Å². The van der Waals surface area contributed by atoms with Gasteiger partial charge in [0, 0.05) is 12.1 Å². The first-order valence-electron chi connectivity index (χ1n) is 6.70. The largest absolute Gasteiger partial charge is 0.494 e. The number of carboxylic acids is 1. The van der Waals surface area contributed by atoms with Crippen molar-refractivity contribution < 1.29 is 14.6 Å². The Hall–Kier alpha value is -2.30. The van der Waals surface area contributed by atoms with Crippen molar-refractivity contribution in [3.8, 4) is 17.0 Å². The summed E-state index contributed by atoms with van der Waals surface area (Å²) in [6.45, 7) is 5.14. The first kappa shape index (κ1) is 14.1. The number of benzene rings is 1. The van der Waals surface area contributed by atoms with Crippen LogP contribution in [0.2, 0.25) is 0 Å². The van der Waals surface area contributed by atoms with E-state index in [9.17, 15) is 4.79 Å². The van der Waals surface area contributed by atoms with Gasteiger partial charge in [0.25, 0.3) is 0 Å². The first-order chi connectivity index (χ1) is 9.65. The molecule has 0 bridgehead atoms. The molecule has 2 rings (SSSR count). The zero-order chi connectivity index (χ0) is 14.5. The van der Waals surface area contributed by atoms with E-state index in [1.165, 1.54) is 4.68 Å². The highest BCUT2D eigenvalue weighted by molar-refractivity contribution is 5.87. The van der Waals surface area contributed by atoms with Crippen LogP contribution in [0.1, 0.15) is 30.8 Å². The van der Waals surface area contributed by atoms with E-state index in [4.69, 9.17) is 9.84 Å². The van der Waals surface area contributed by atoms with E-state index in [0.717, 1.165) is 17.7 Å². The Morgan fingerprint density at radius 2 is 2.00 bits per heavy atom. The van der Waals surface area contributed by atoms with E-state index >= 15 is 0 Å². The number of ether oxygens (including phenoxy) is 1. The van der Waals surface area contributed by atoms with Crippen LogP contribution in [-0.4, -0.2) is 27.5 Å². The summed E-state index contributed by atoms with van der Waals surface area (Å²) in [4.78, 5) is 11.1. The summed E-state index contributed by atoms with van der Waals surface area (Å²) in [5.74, 6) is -0.155. The Kier molecular flexibility index (Phi) is 4.40. The fraction of sp³-hybridized carbons (Fsp3) is 0.333. The predicted octanol–water partition coefficient (Wildman–Crippen LogP) is 3.06. The zero-order valence-corrected chi connectivity index (χ0v) is 11.7. The monoisotopic (exact) mass is 274 g/mol. The molecular formula is C15H18N2O3. The summed E-state index contributed by atoms with van der Waals surface area (Å²) in [6.07, 6.45) is 0.963. The molecule has 0 spiro atoms. The van der Waals surface area contributed by atoms with Crippen LogP contribution in [-0.2, 0) is 6.54 Å². The summed E-state index contributed by atoms with van der Waals surface area (Å²) in [5.41, 5.74) is 1.74. The zero-order valence-electron chi connectivity index (χ0n) is 11.7. The topological polar surface area (TPSA) is 64.3 Å². The smallest absolute Gasteiger partial charge is 0.354 e. The van der Waals surface area contributed by atoms with E-state index in [1.54, 1.807) is 6.07 Å². The molecule has 0 radical (unpaired) electrons. The van der Waals surface area contributed by atoms with Crippen LogP contribution in [0.5, 0.6) is 5.75 Å². The van der Waals surface area contributed by atoms with Crippen molar-refractivity contribution >= 4 is 5.97 Å². The second-order valence-electron chi connectivity index (χ2n) is 4.41. The normalized spacial score (nSPS) is 10.5. The van der Waals surface area contributed by atoms with Crippen molar-refractivity contribution in [3.05, 3.63) is 36.0 Å². The number of carboxylic acid groups (broad SMARTS) is 1. The van der Waals surface area contributed by atoms with E-state index in [1.807, 2.05) is 31.2 Å². The van der Waals surface area contributed by atoms with Gasteiger partial charge in [0.15, 0.2) is 0 Å². The van der Waals surface area contributed by atoms with Gasteiger partial charge in [-0.3, -0.25) is 4.68 Å². The van der Waals surface area contributed by atoms with E-state index < -0.39 is 5.97 Å². The van der Waals surface area contributed by atoms with Crippen LogP contribution < -0.4 is 4.74 Å². The molecule has 0 aliphatic heterocycles. The second kappa shape index (κ2) is 6.23. The third-order valence-corrected chi connectivity index (χ3v) is 2.92. The molecule has 5 heteroatoms. The average molecular weight is 274 g/mol. The van der Waals surface area contributed by atoms with E-state index in [0.29, 0.717) is 18.8 Å². The van der Waals surface area contributed by atoms with Crippen LogP contribution in [0.25, 0.3) is 11.3 Å². The SMILES string of the molecule is CCCOc1ccc(-c2cc(C(=O)O)n(CC)n2)cc1. The Bertz CT molecular complexity index is 588. The minimum absolute atomic E-state index is 0.203. The number of aromatic carboxylic acids is 1. The molecule has 0 aliphatic carbocycles. The maximum atomic E-state index is 11.1. The van der Waals surface area contributed by atoms with Crippen LogP contribution in [0.3, 0.4) is 0 Å². The molecule has 5 nitrogen and oxygen atoms in total. The summed E-state index contributed by atoms with van der Waals surface area (Å²) >= 11 is 0. The molecule has 1 aromatic heterocycles. The van der Waals surface area contributed by atoms with Crippen molar-refractivity contribution in [3.63, 3.8) is 0 Å². The quantitative estimate of drug-likeness (QED) is 0.879. The third kappa shape index (κ3) is 2.99. The van der Waals surface area contributed by atoms with Gasteiger partial charge < -0.3 is 9.84 Å². The molecule has 106 valence electrons. The van der Waals surface area contributed by atoms with Crippen LogP contribution in [0, 0.1) is 0 Å². The molecule has 1 heterocycles. The molecule has 0 atom stereocenters. The van der Waals surface area contributed by atoms with Gasteiger partial charge in [0.2, 0.25) is 0 Å². The number of carbonyl (C=O) groups is 1. The van der Waals surface area contributed by atoms with Gasteiger partial charge in [0.1, 0.15) is 11.4 Å². The third-order valence-electron chi connectivity index (χ3n) is 2.92. The fourth-order valence-electron chi connectivity index (χ4n) is 1.91. The number of aryl methyl sites for hydroxylation is 1. The Morgan fingerprint density at radius 1 is 1.30 bits per heavy atom. The molecule has 1 aromatic carbocycles. The van der Waals surface area contributed by atoms with Gasteiger partial charge in [-0.25, -0.2) is 4.79 Å². The number of hydrogen-bond acceptors (Lipinski definition) is 3. The molecule has 0 fully saturated rings. The van der Waals surface area contributed by atoms with Crippen LogP contribution >= 0.6 is 0 Å². The minimum Gasteiger partial charge on any atom is -0.494 e. The summed E-state index contributed by atoms with van der Waals surface area (Å²) in [7, 11) is 0. The molecule has 0 amide bonds. The lowest BCUT2D eigenvalue weighted by atomic mass is 10.1. The highest BCUT2D eigenvalue weighted by Gasteiger charge is 2.14. The molecule has 0 aliphatic rings. The predicted molar refractivity (Wildman–Crippen MR) is 76.1 cm³/mol. The molecule has 0 saturated heterocycles. The molecule has 20 heavy (non-hydrogen) atoms. The first-order valence-corrected chi connectivity index (χ1v) is 6.70. The maximum Gasteiger partial charge on any atom is 0.354 e. The molecule has 0 saturated carbocycles. The fourth-order valence-corrected chi connectivity index (χ4v) is 1.91. The van der Waals surface area contributed by atoms with Crippen molar-refractivity contribution in [2.45, 2.75) is 26.8 Å². The van der Waals surface area contributed by atoms with Crippen molar-refractivity contribution in [1.29, 1.82) is 0 Å². The maximum absolute atomic E-state index is 11.1. The van der Waals surface area contributed by atoms with Gasteiger partial charge in [-0.1, -0.05) is 6.92 Å². The van der Waals surface area contributed by atoms with E-state index in [-0.39, 0.29) is 5.69 Å². The molecular weight excluding hydrogens is 256 g/mol. The summed E-state index contributed by atoms with van der Waals surface area (Å²) in [6, 6.07) is 9.11. The van der Waals surface area contributed by atoms with Crippen molar-refractivity contribution in [2.75, 3.05) is 6.61 Å². The summed E-state index contributed by atoms with van der Waals surface area (Å²) in [5, 5.41) is 13.4. The Morgan fingerprint density at radius 3 is 2.50 bits per heavy atom. The lowest BCUT2D eigenvalue weighted by Gasteiger charge is -2.04. The Balaban J connectivity index is 2.25. The highest BCUT2D eigenvalue weighted by atomic mass is 16.5. The molecule has 2 aromatic rings. The summed E-state index contributed by atoms with van der Waals surface area (Å²) < 4.78 is 7.00. The molecule has 0 unspecified atom stereocenters. The van der Waals surface area contributed by atoms with E-state index in [2.05, 4.69) is 12.0 Å². The second-order valence-corrected chi connectivity index (χ2v) is 4.41. The number of hydrogen-bond donors (Lipinski definition) is 1. The Labute approximate surface area is 117 Å². The minimum atomic E-state index is -0.964. The van der Waals surface area contributed by atoms with Gasteiger partial charge in [0.05, 0.1) is 12.3 Å². The van der Waals surface area contributed by atoms with Crippen molar-refractivity contribution in [2.24, 2.45) is 0 Å². The lowest BCUT2D eigenvalue weighted by molar-refractivity contribution is 0.0683. The number of nitrogens with zero attached hydrogens (tertiary/aromatic N) is 2. The molecule has 1 N–H and O–H groups in total. The highest BCUT2D eigenvalue weighted by Crippen LogP contribution is 2.22. The van der Waals surface area contributed by atoms with Crippen molar-refractivity contribution in [1.82, 2.24) is 9.78 Å². The number of aromatic nitrogens is 2.